The summed E-state index contributed by atoms with van der Waals surface area (Å²) in [5, 5.41) is 42.1. The van der Waals surface area contributed by atoms with Crippen LogP contribution in [-0.4, -0.2) is 64.3 Å². The molecule has 5 aromatic rings. The summed E-state index contributed by atoms with van der Waals surface area (Å²) in [6.07, 6.45) is 0.0652. The van der Waals surface area contributed by atoms with Crippen LogP contribution in [0, 0.1) is 11.3 Å². The van der Waals surface area contributed by atoms with E-state index in [0.717, 1.165) is 0 Å². The highest BCUT2D eigenvalue weighted by molar-refractivity contribution is 6.10. The Kier molecular flexibility index (Phi) is 14.5. The molecule has 0 radical (unpaired) electrons. The van der Waals surface area contributed by atoms with E-state index >= 15 is 0 Å². The molecular weight excluding hydrogens is 787 g/mol. The largest absolute Gasteiger partial charge is 0.504 e. The number of amides is 6. The zero-order chi connectivity index (χ0) is 44.1. The second kappa shape index (κ2) is 20.3. The fourth-order valence-electron chi connectivity index (χ4n) is 5.67. The van der Waals surface area contributed by atoms with Crippen LogP contribution in [0.4, 0.5) is 22.7 Å². The maximum absolute atomic E-state index is 13.3. The maximum Gasteiger partial charge on any atom is 0.335 e. The molecule has 0 aliphatic heterocycles. The number of carbonyl (C=O) groups is 7. The number of primary amides is 1. The first-order chi connectivity index (χ1) is 29.2. The number of phenolic OH excluding ortho intramolecular Hbond substituents is 1. The normalized spacial score (nSPS) is 10.9. The van der Waals surface area contributed by atoms with Gasteiger partial charge in [-0.2, -0.15) is 5.26 Å². The highest BCUT2D eigenvalue weighted by Gasteiger charge is 2.25. The molecule has 0 aliphatic rings. The first-order valence-corrected chi connectivity index (χ1v) is 18.6. The van der Waals surface area contributed by atoms with Gasteiger partial charge in [-0.1, -0.05) is 19.1 Å². The van der Waals surface area contributed by atoms with Crippen LogP contribution in [0.5, 0.6) is 11.5 Å². The summed E-state index contributed by atoms with van der Waals surface area (Å²) in [6.45, 7) is 1.96. The van der Waals surface area contributed by atoms with Crippen molar-refractivity contribution in [3.8, 4) is 17.6 Å². The number of hydrogen-bond acceptors (Lipinski definition) is 10. The SMILES string of the molecule is CCCOc1c(NC(=O)c2ccc(NC(=O)[C@H](CC(N)=O)NC(=O)c3ccc(NC(=O)Cc4ccc(C#N)cc4)cc3)cc2)ccc(C(=O)Nc2ccc(C(=O)O)cc2)c1O. The molecule has 0 fully saturated rings. The summed E-state index contributed by atoms with van der Waals surface area (Å²) in [7, 11) is 0. The lowest BCUT2D eigenvalue weighted by Crippen LogP contribution is -2.46. The predicted octanol–water partition coefficient (Wildman–Crippen LogP) is 5.05. The molecule has 0 spiro atoms. The van der Waals surface area contributed by atoms with Gasteiger partial charge >= 0.3 is 5.97 Å². The van der Waals surface area contributed by atoms with Crippen LogP contribution >= 0.6 is 0 Å². The van der Waals surface area contributed by atoms with Crippen molar-refractivity contribution in [2.24, 2.45) is 5.73 Å². The highest BCUT2D eigenvalue weighted by atomic mass is 16.5. The van der Waals surface area contributed by atoms with E-state index in [1.54, 1.807) is 24.3 Å². The van der Waals surface area contributed by atoms with Gasteiger partial charge < -0.3 is 47.3 Å². The number of ether oxygens (including phenoxy) is 1. The second-order valence-corrected chi connectivity index (χ2v) is 13.4. The van der Waals surface area contributed by atoms with E-state index in [1.807, 2.05) is 13.0 Å². The monoisotopic (exact) mass is 825 g/mol. The smallest absolute Gasteiger partial charge is 0.335 e. The first-order valence-electron chi connectivity index (χ1n) is 18.6. The molecule has 9 N–H and O–H groups in total. The lowest BCUT2D eigenvalue weighted by atomic mass is 10.1. The van der Waals surface area contributed by atoms with Gasteiger partial charge in [0.1, 0.15) is 6.04 Å². The van der Waals surface area contributed by atoms with Crippen molar-refractivity contribution in [3.63, 3.8) is 0 Å². The zero-order valence-electron chi connectivity index (χ0n) is 32.5. The van der Waals surface area contributed by atoms with Crippen LogP contribution in [-0.2, 0) is 20.8 Å². The molecule has 0 unspecified atom stereocenters. The Morgan fingerprint density at radius 1 is 0.689 bits per heavy atom. The van der Waals surface area contributed by atoms with Crippen molar-refractivity contribution < 1.29 is 48.5 Å². The lowest BCUT2D eigenvalue weighted by molar-refractivity contribution is -0.123. The van der Waals surface area contributed by atoms with Gasteiger partial charge in [-0.15, -0.1) is 0 Å². The third-order valence-corrected chi connectivity index (χ3v) is 8.78. The van der Waals surface area contributed by atoms with Crippen LogP contribution in [0.1, 0.15) is 72.3 Å². The summed E-state index contributed by atoms with van der Waals surface area (Å²) in [5.41, 5.74) is 7.61. The van der Waals surface area contributed by atoms with E-state index in [4.69, 9.17) is 20.8 Å². The van der Waals surface area contributed by atoms with Crippen LogP contribution < -0.4 is 37.1 Å². The summed E-state index contributed by atoms with van der Waals surface area (Å²) >= 11 is 0. The number of anilines is 4. The molecule has 17 nitrogen and oxygen atoms in total. The zero-order valence-corrected chi connectivity index (χ0v) is 32.5. The number of carbonyl (C=O) groups excluding carboxylic acids is 6. The Hall–Kier alpha value is -8.52. The molecule has 0 aromatic heterocycles. The van der Waals surface area contributed by atoms with Crippen molar-refractivity contribution in [1.82, 2.24) is 5.32 Å². The number of nitriles is 1. The Bertz CT molecular complexity index is 2500. The molecule has 1 atom stereocenters. The average molecular weight is 826 g/mol. The molecule has 61 heavy (non-hydrogen) atoms. The number of nitrogens with zero attached hydrogens (tertiary/aromatic N) is 1. The fourth-order valence-corrected chi connectivity index (χ4v) is 5.67. The first kappa shape index (κ1) is 43.6. The van der Waals surface area contributed by atoms with Gasteiger partial charge in [0, 0.05) is 28.2 Å². The second-order valence-electron chi connectivity index (χ2n) is 13.4. The average Bonchev–Trinajstić information content (AvgIpc) is 3.24. The van der Waals surface area contributed by atoms with Gasteiger partial charge in [-0.05, 0) is 109 Å². The molecule has 0 saturated carbocycles. The summed E-state index contributed by atoms with van der Waals surface area (Å²) < 4.78 is 5.71. The molecular formula is C44H39N7O10. The van der Waals surface area contributed by atoms with Gasteiger partial charge in [0.2, 0.25) is 17.7 Å². The quantitative estimate of drug-likeness (QED) is 0.0614. The summed E-state index contributed by atoms with van der Waals surface area (Å²) in [5.74, 6) is -5.83. The Balaban J connectivity index is 1.19. The molecule has 0 heterocycles. The number of aromatic carboxylic acids is 1. The van der Waals surface area contributed by atoms with E-state index in [-0.39, 0.29) is 64.0 Å². The standard InChI is InChI=1S/C44H39N7O10/c1-2-21-61-39-34(20-19-33(38(39)54)42(57)48-31-17-11-29(12-18-31)44(59)60)50-40(55)27-9-15-32(16-10-27)49-43(58)35(23-36(46)52)51-41(56)28-7-13-30(14-8-28)47-37(53)22-25-3-5-26(24-45)6-4-25/h3-20,35,54H,2,21-23H2,1H3,(H2,46,52)(H,47,53)(H,48,57)(H,49,58)(H,50,55)(H,51,56)(H,59,60)/t35-/m0/s1. The predicted molar refractivity (Wildman–Crippen MR) is 223 cm³/mol. The van der Waals surface area contributed by atoms with E-state index in [2.05, 4.69) is 26.6 Å². The van der Waals surface area contributed by atoms with Crippen LogP contribution in [0.15, 0.2) is 109 Å². The molecule has 17 heteroatoms. The molecule has 0 bridgehead atoms. The summed E-state index contributed by atoms with van der Waals surface area (Å²) in [4.78, 5) is 88.2. The molecule has 5 rings (SSSR count). The number of nitrogens with one attached hydrogen (secondary N) is 5. The highest BCUT2D eigenvalue weighted by Crippen LogP contribution is 2.38. The number of rotatable bonds is 17. The van der Waals surface area contributed by atoms with Crippen LogP contribution in [0.25, 0.3) is 0 Å². The Morgan fingerprint density at radius 3 is 1.80 bits per heavy atom. The van der Waals surface area contributed by atoms with Crippen molar-refractivity contribution in [2.45, 2.75) is 32.2 Å². The topological polar surface area (TPSA) is 279 Å². The molecule has 5 aromatic carbocycles. The number of nitrogens with two attached hydrogens (primary N) is 1. The molecule has 0 saturated heterocycles. The fraction of sp³-hybridized carbons (Fsp3) is 0.136. The molecule has 310 valence electrons. The van der Waals surface area contributed by atoms with Gasteiger partial charge in [-0.3, -0.25) is 28.8 Å². The van der Waals surface area contributed by atoms with Gasteiger partial charge in [0.25, 0.3) is 17.7 Å². The number of benzene rings is 5. The molecule has 6 amide bonds. The van der Waals surface area contributed by atoms with E-state index in [1.165, 1.54) is 84.9 Å². The van der Waals surface area contributed by atoms with Gasteiger partial charge in [0.05, 0.1) is 47.9 Å². The summed E-state index contributed by atoms with van der Waals surface area (Å²) in [6, 6.07) is 26.7. The minimum absolute atomic E-state index is 0.0228. The number of carboxylic acids is 1. The Morgan fingerprint density at radius 2 is 1.25 bits per heavy atom. The minimum atomic E-state index is -1.38. The minimum Gasteiger partial charge on any atom is -0.504 e. The Labute approximate surface area is 348 Å². The molecule has 0 aliphatic carbocycles. The van der Waals surface area contributed by atoms with Crippen molar-refractivity contribution in [2.75, 3.05) is 27.9 Å². The van der Waals surface area contributed by atoms with Crippen molar-refractivity contribution in [1.29, 1.82) is 5.26 Å². The van der Waals surface area contributed by atoms with Gasteiger partial charge in [0.15, 0.2) is 11.5 Å². The van der Waals surface area contributed by atoms with Crippen LogP contribution in [0.2, 0.25) is 0 Å². The lowest BCUT2D eigenvalue weighted by Gasteiger charge is -2.18. The number of hydrogen-bond donors (Lipinski definition) is 8. The number of aromatic hydroxyl groups is 1. The van der Waals surface area contributed by atoms with E-state index in [0.29, 0.717) is 23.2 Å². The van der Waals surface area contributed by atoms with Crippen LogP contribution in [0.3, 0.4) is 0 Å². The van der Waals surface area contributed by atoms with Crippen molar-refractivity contribution in [3.05, 3.63) is 143 Å². The van der Waals surface area contributed by atoms with Gasteiger partial charge in [-0.25, -0.2) is 4.79 Å². The van der Waals surface area contributed by atoms with Crippen molar-refractivity contribution >= 4 is 64.2 Å². The third kappa shape index (κ3) is 12.0. The van der Waals surface area contributed by atoms with E-state index < -0.39 is 53.7 Å². The number of carboxylic acid groups (broad SMARTS) is 1. The van der Waals surface area contributed by atoms with E-state index in [9.17, 15) is 38.7 Å². The maximum atomic E-state index is 13.3. The third-order valence-electron chi connectivity index (χ3n) is 8.78. The number of phenols is 1.